The largest absolute Gasteiger partial charge is 0.488 e. The highest BCUT2D eigenvalue weighted by Gasteiger charge is 2.34. The Hall–Kier alpha value is -3.65. The van der Waals surface area contributed by atoms with E-state index in [1.165, 1.54) is 15.9 Å². The van der Waals surface area contributed by atoms with Crippen LogP contribution in [0.25, 0.3) is 6.08 Å². The van der Waals surface area contributed by atoms with E-state index in [0.717, 1.165) is 11.1 Å². The second-order valence-corrected chi connectivity index (χ2v) is 10.6. The summed E-state index contributed by atoms with van der Waals surface area (Å²) in [6.45, 7) is 3.95. The van der Waals surface area contributed by atoms with Crippen LogP contribution < -0.4 is 19.6 Å². The Morgan fingerprint density at radius 3 is 2.46 bits per heavy atom. The lowest BCUT2D eigenvalue weighted by atomic mass is 9.96. The van der Waals surface area contributed by atoms with Gasteiger partial charge < -0.3 is 9.47 Å². The predicted octanol–water partition coefficient (Wildman–Crippen LogP) is 5.68. The number of rotatable bonds is 7. The van der Waals surface area contributed by atoms with E-state index in [0.29, 0.717) is 36.4 Å². The maximum absolute atomic E-state index is 13.9. The fourth-order valence-electron chi connectivity index (χ4n) is 4.43. The number of carbonyl (C=O) groups is 1. The van der Waals surface area contributed by atoms with E-state index in [9.17, 15) is 9.59 Å². The molecule has 0 saturated carbocycles. The number of para-hydroxylation sites is 1. The van der Waals surface area contributed by atoms with Crippen molar-refractivity contribution in [1.82, 2.24) is 4.57 Å². The minimum absolute atomic E-state index is 0.195. The Labute approximate surface area is 239 Å². The van der Waals surface area contributed by atoms with Crippen molar-refractivity contribution in [2.45, 2.75) is 26.5 Å². The van der Waals surface area contributed by atoms with Gasteiger partial charge in [0.1, 0.15) is 18.4 Å². The molecular formula is C30H24Cl2N2O4S. The minimum atomic E-state index is -0.775. The molecular weight excluding hydrogens is 555 g/mol. The van der Waals surface area contributed by atoms with Gasteiger partial charge in [-0.15, -0.1) is 0 Å². The summed E-state index contributed by atoms with van der Waals surface area (Å²) >= 11 is 14.1. The Balaban J connectivity index is 1.62. The zero-order chi connectivity index (χ0) is 27.5. The van der Waals surface area contributed by atoms with E-state index in [2.05, 4.69) is 4.99 Å². The summed E-state index contributed by atoms with van der Waals surface area (Å²) < 4.78 is 13.4. The lowest BCUT2D eigenvalue weighted by molar-refractivity contribution is -0.139. The van der Waals surface area contributed by atoms with E-state index in [1.54, 1.807) is 38.1 Å². The maximum atomic E-state index is 13.9. The number of benzene rings is 3. The number of hydrogen-bond donors (Lipinski definition) is 0. The molecule has 0 unspecified atom stereocenters. The Kier molecular flexibility index (Phi) is 8.02. The lowest BCUT2D eigenvalue weighted by Gasteiger charge is -2.25. The van der Waals surface area contributed by atoms with Gasteiger partial charge in [0.05, 0.1) is 22.4 Å². The third-order valence-electron chi connectivity index (χ3n) is 6.26. The van der Waals surface area contributed by atoms with Crippen LogP contribution in [0.1, 0.15) is 36.6 Å². The van der Waals surface area contributed by atoms with Crippen LogP contribution in [0.3, 0.4) is 0 Å². The number of aromatic nitrogens is 1. The van der Waals surface area contributed by atoms with Gasteiger partial charge >= 0.3 is 5.97 Å². The van der Waals surface area contributed by atoms with E-state index >= 15 is 0 Å². The van der Waals surface area contributed by atoms with E-state index in [4.69, 9.17) is 32.7 Å². The fraction of sp³-hybridized carbons (Fsp3) is 0.167. The number of thiazole rings is 1. The Morgan fingerprint density at radius 1 is 1.03 bits per heavy atom. The van der Waals surface area contributed by atoms with Crippen LogP contribution in [0.4, 0.5) is 0 Å². The van der Waals surface area contributed by atoms with Gasteiger partial charge in [-0.25, -0.2) is 9.79 Å². The molecule has 0 fully saturated rings. The minimum Gasteiger partial charge on any atom is -0.488 e. The van der Waals surface area contributed by atoms with Crippen LogP contribution >= 0.6 is 34.5 Å². The van der Waals surface area contributed by atoms with E-state index < -0.39 is 12.0 Å². The van der Waals surface area contributed by atoms with Crippen LogP contribution in [0.15, 0.2) is 93.9 Å². The first-order valence-electron chi connectivity index (χ1n) is 12.3. The highest BCUT2D eigenvalue weighted by molar-refractivity contribution is 7.07. The van der Waals surface area contributed by atoms with Crippen molar-refractivity contribution in [3.63, 3.8) is 0 Å². The maximum Gasteiger partial charge on any atom is 0.338 e. The number of halogens is 2. The average Bonchev–Trinajstić information content (AvgIpc) is 3.22. The molecule has 1 aromatic heterocycles. The number of ether oxygens (including phenoxy) is 2. The average molecular weight is 580 g/mol. The summed E-state index contributed by atoms with van der Waals surface area (Å²) in [5.74, 6) is 0.0746. The van der Waals surface area contributed by atoms with Crippen molar-refractivity contribution in [2.24, 2.45) is 4.99 Å². The number of allylic oxidation sites excluding steroid dienone is 1. The van der Waals surface area contributed by atoms with Gasteiger partial charge in [-0.3, -0.25) is 9.36 Å². The molecule has 2 heterocycles. The monoisotopic (exact) mass is 578 g/mol. The summed E-state index contributed by atoms with van der Waals surface area (Å²) in [4.78, 5) is 32.0. The molecule has 3 aromatic carbocycles. The van der Waals surface area contributed by atoms with E-state index in [1.807, 2.05) is 54.6 Å². The summed E-state index contributed by atoms with van der Waals surface area (Å²) in [6, 6.07) is 21.3. The summed E-state index contributed by atoms with van der Waals surface area (Å²) in [7, 11) is 0. The van der Waals surface area contributed by atoms with Gasteiger partial charge in [-0.1, -0.05) is 89.1 Å². The fourth-order valence-corrected chi connectivity index (χ4v) is 5.89. The molecule has 4 aromatic rings. The molecule has 1 atom stereocenters. The van der Waals surface area contributed by atoms with Gasteiger partial charge in [-0.2, -0.15) is 0 Å². The number of fused-ring (bicyclic) bond motifs is 1. The molecule has 0 N–H and O–H groups in total. The van der Waals surface area contributed by atoms with Crippen LogP contribution in [-0.2, 0) is 16.1 Å². The predicted molar refractivity (Wildman–Crippen MR) is 154 cm³/mol. The Bertz CT molecular complexity index is 1770. The molecule has 0 radical (unpaired) electrons. The standard InChI is InChI=1S/C30H24Cl2N2O4S/c1-3-37-29(36)26-18(2)33-30-34(27(26)21-12-6-8-14-23(21)32)28(35)25(39-30)16-19-10-5-9-15-24(19)38-17-20-11-4-7-13-22(20)31/h4-16,27H,3,17H2,1-2H3/b25-16-/t27-/m0/s1. The first-order valence-corrected chi connectivity index (χ1v) is 13.9. The van der Waals surface area contributed by atoms with Gasteiger partial charge in [0, 0.05) is 21.2 Å². The van der Waals surface area contributed by atoms with Crippen LogP contribution in [0.5, 0.6) is 5.75 Å². The first-order chi connectivity index (χ1) is 18.9. The van der Waals surface area contributed by atoms with Crippen molar-refractivity contribution >= 4 is 46.6 Å². The molecule has 6 nitrogen and oxygen atoms in total. The molecule has 39 heavy (non-hydrogen) atoms. The second-order valence-electron chi connectivity index (χ2n) is 8.74. The van der Waals surface area contributed by atoms with Gasteiger partial charge in [-0.05, 0) is 43.7 Å². The van der Waals surface area contributed by atoms with Crippen LogP contribution in [0, 0.1) is 0 Å². The molecule has 1 aliphatic rings. The second kappa shape index (κ2) is 11.6. The smallest absolute Gasteiger partial charge is 0.338 e. The molecule has 198 valence electrons. The molecule has 0 saturated heterocycles. The summed E-state index contributed by atoms with van der Waals surface area (Å²) in [5.41, 5.74) is 2.68. The number of hydrogen-bond acceptors (Lipinski definition) is 6. The quantitative estimate of drug-likeness (QED) is 0.264. The first kappa shape index (κ1) is 26.9. The molecule has 0 bridgehead atoms. The SMILES string of the molecule is CCOC(=O)C1=C(C)N=c2s/c(=C\c3ccccc3OCc3ccccc3Cl)c(=O)n2[C@H]1c1ccccc1Cl. The third kappa shape index (κ3) is 5.43. The third-order valence-corrected chi connectivity index (χ3v) is 7.96. The molecule has 0 aliphatic carbocycles. The molecule has 5 rings (SSSR count). The van der Waals surface area contributed by atoms with Crippen molar-refractivity contribution in [3.05, 3.63) is 130 Å². The highest BCUT2D eigenvalue weighted by Crippen LogP contribution is 2.34. The zero-order valence-electron chi connectivity index (χ0n) is 21.2. The summed E-state index contributed by atoms with van der Waals surface area (Å²) in [5, 5.41) is 1.06. The Morgan fingerprint density at radius 2 is 1.72 bits per heavy atom. The molecule has 0 spiro atoms. The highest BCUT2D eigenvalue weighted by atomic mass is 35.5. The molecule has 9 heteroatoms. The van der Waals surface area contributed by atoms with Gasteiger partial charge in [0.15, 0.2) is 4.80 Å². The lowest BCUT2D eigenvalue weighted by Crippen LogP contribution is -2.40. The van der Waals surface area contributed by atoms with Crippen molar-refractivity contribution in [1.29, 1.82) is 0 Å². The number of esters is 1. The van der Waals surface area contributed by atoms with Gasteiger partial charge in [0.25, 0.3) is 5.56 Å². The van der Waals surface area contributed by atoms with Crippen LogP contribution in [-0.4, -0.2) is 17.1 Å². The van der Waals surface area contributed by atoms with Crippen LogP contribution in [0.2, 0.25) is 10.0 Å². The summed E-state index contributed by atoms with van der Waals surface area (Å²) in [6.07, 6.45) is 1.78. The number of nitrogens with zero attached hydrogens (tertiary/aromatic N) is 2. The van der Waals surface area contributed by atoms with Crippen molar-refractivity contribution in [2.75, 3.05) is 6.61 Å². The topological polar surface area (TPSA) is 69.9 Å². The number of carbonyl (C=O) groups excluding carboxylic acids is 1. The van der Waals surface area contributed by atoms with Gasteiger partial charge in [0.2, 0.25) is 0 Å². The normalized spacial score (nSPS) is 15.1. The van der Waals surface area contributed by atoms with Crippen molar-refractivity contribution < 1.29 is 14.3 Å². The van der Waals surface area contributed by atoms with Crippen molar-refractivity contribution in [3.8, 4) is 5.75 Å². The zero-order valence-corrected chi connectivity index (χ0v) is 23.5. The molecule has 1 aliphatic heterocycles. The van der Waals surface area contributed by atoms with E-state index in [-0.39, 0.29) is 24.3 Å². The molecule has 0 amide bonds.